The van der Waals surface area contributed by atoms with E-state index in [1.807, 2.05) is 6.07 Å². The minimum atomic E-state index is -4.50. The van der Waals surface area contributed by atoms with Gasteiger partial charge in [-0.1, -0.05) is 18.2 Å². The van der Waals surface area contributed by atoms with Crippen molar-refractivity contribution in [1.82, 2.24) is 4.31 Å². The molecule has 8 heteroatoms. The Labute approximate surface area is 155 Å². The molecule has 0 saturated heterocycles. The first-order chi connectivity index (χ1) is 12.6. The molecule has 0 N–H and O–H groups in total. The summed E-state index contributed by atoms with van der Waals surface area (Å²) in [4.78, 5) is -0.0349. The molecule has 0 aromatic heterocycles. The quantitative estimate of drug-likeness (QED) is 0.751. The molecule has 142 valence electrons. The van der Waals surface area contributed by atoms with Gasteiger partial charge in [-0.15, -0.1) is 0 Å². The van der Waals surface area contributed by atoms with E-state index in [2.05, 4.69) is 0 Å². The smallest absolute Gasteiger partial charge is 0.207 e. The maximum atomic E-state index is 13.2. The summed E-state index contributed by atoms with van der Waals surface area (Å²) in [6.45, 7) is 1.58. The predicted molar refractivity (Wildman–Crippen MR) is 93.1 cm³/mol. The number of sulfonamides is 1. The first-order valence-corrected chi connectivity index (χ1v) is 9.79. The molecule has 4 nitrogen and oxygen atoms in total. The van der Waals surface area contributed by atoms with E-state index >= 15 is 0 Å². The normalized spacial score (nSPS) is 16.1. The number of hydrogen-bond donors (Lipinski definition) is 0. The third-order valence-electron chi connectivity index (χ3n) is 4.52. The maximum absolute atomic E-state index is 13.2. The summed E-state index contributed by atoms with van der Waals surface area (Å²) in [5.41, 5.74) is -0.332. The Balaban J connectivity index is 2.02. The van der Waals surface area contributed by atoms with Crippen LogP contribution in [0.4, 0.5) is 13.2 Å². The summed E-state index contributed by atoms with van der Waals surface area (Å²) in [7, 11) is -3.97. The Morgan fingerprint density at radius 2 is 1.81 bits per heavy atom. The van der Waals surface area contributed by atoms with Gasteiger partial charge in [0, 0.05) is 12.1 Å². The van der Waals surface area contributed by atoms with E-state index in [9.17, 15) is 21.6 Å². The molecule has 0 unspecified atom stereocenters. The molecular formula is C19H17F3N2O2S. The van der Waals surface area contributed by atoms with E-state index in [-0.39, 0.29) is 22.1 Å². The van der Waals surface area contributed by atoms with E-state index in [0.29, 0.717) is 12.8 Å². The number of benzene rings is 2. The number of rotatable bonds is 5. The molecule has 1 atom stereocenters. The molecule has 1 saturated carbocycles. The standard InChI is InChI=1S/C19H17F3N2O2S/c1-13(15-5-3-6-16(11-15)19(20,21)22)24(17-8-9-17)27(25,26)18-7-2-4-14(10-18)12-23/h2-7,10-11,13,17H,8-9H2,1H3/t13-/m0/s1. The molecule has 27 heavy (non-hydrogen) atoms. The van der Waals surface area contributed by atoms with Crippen LogP contribution in [0.15, 0.2) is 53.4 Å². The van der Waals surface area contributed by atoms with E-state index in [1.165, 1.54) is 40.7 Å². The van der Waals surface area contributed by atoms with Crippen molar-refractivity contribution >= 4 is 10.0 Å². The zero-order valence-corrected chi connectivity index (χ0v) is 15.3. The van der Waals surface area contributed by atoms with Crippen molar-refractivity contribution in [3.05, 3.63) is 65.2 Å². The monoisotopic (exact) mass is 394 g/mol. The highest BCUT2D eigenvalue weighted by molar-refractivity contribution is 7.89. The van der Waals surface area contributed by atoms with Crippen molar-refractivity contribution in [2.24, 2.45) is 0 Å². The lowest BCUT2D eigenvalue weighted by molar-refractivity contribution is -0.137. The van der Waals surface area contributed by atoms with Gasteiger partial charge in [-0.25, -0.2) is 8.42 Å². The van der Waals surface area contributed by atoms with Crippen LogP contribution in [0.3, 0.4) is 0 Å². The summed E-state index contributed by atoms with van der Waals surface area (Å²) >= 11 is 0. The molecule has 0 aliphatic heterocycles. The third kappa shape index (κ3) is 3.99. The van der Waals surface area contributed by atoms with Gasteiger partial charge >= 0.3 is 6.18 Å². The fourth-order valence-electron chi connectivity index (χ4n) is 3.02. The highest BCUT2D eigenvalue weighted by Gasteiger charge is 2.42. The third-order valence-corrected chi connectivity index (χ3v) is 6.54. The van der Waals surface area contributed by atoms with Crippen LogP contribution in [-0.4, -0.2) is 18.8 Å². The maximum Gasteiger partial charge on any atom is 0.416 e. The van der Waals surface area contributed by atoms with Crippen molar-refractivity contribution in [3.63, 3.8) is 0 Å². The van der Waals surface area contributed by atoms with Crippen molar-refractivity contribution < 1.29 is 21.6 Å². The van der Waals surface area contributed by atoms with E-state index < -0.39 is 27.8 Å². The van der Waals surface area contributed by atoms with Crippen LogP contribution in [-0.2, 0) is 16.2 Å². The average molecular weight is 394 g/mol. The lowest BCUT2D eigenvalue weighted by Gasteiger charge is -2.29. The largest absolute Gasteiger partial charge is 0.416 e. The molecule has 1 aliphatic carbocycles. The first-order valence-electron chi connectivity index (χ1n) is 8.35. The van der Waals surface area contributed by atoms with Crippen molar-refractivity contribution in [1.29, 1.82) is 5.26 Å². The van der Waals surface area contributed by atoms with Crippen molar-refractivity contribution in [2.45, 2.75) is 42.9 Å². The van der Waals surface area contributed by atoms with E-state index in [0.717, 1.165) is 12.1 Å². The number of halogens is 3. The van der Waals surface area contributed by atoms with E-state index in [4.69, 9.17) is 5.26 Å². The number of nitrogens with zero attached hydrogens (tertiary/aromatic N) is 2. The Hall–Kier alpha value is -2.37. The Kier molecular flexibility index (Phi) is 5.02. The topological polar surface area (TPSA) is 61.2 Å². The summed E-state index contributed by atoms with van der Waals surface area (Å²) in [5, 5.41) is 9.02. The summed E-state index contributed by atoms with van der Waals surface area (Å²) in [5.74, 6) is 0. The van der Waals surface area contributed by atoms with Gasteiger partial charge in [0.05, 0.1) is 22.1 Å². The Morgan fingerprint density at radius 3 is 2.41 bits per heavy atom. The molecule has 2 aromatic rings. The molecule has 2 aromatic carbocycles. The zero-order valence-electron chi connectivity index (χ0n) is 14.4. The van der Waals surface area contributed by atoms with Gasteiger partial charge in [-0.05, 0) is 55.7 Å². The predicted octanol–water partition coefficient (Wildman–Crippen LogP) is 4.49. The minimum absolute atomic E-state index is 0.0349. The van der Waals surface area contributed by atoms with Gasteiger partial charge in [-0.3, -0.25) is 0 Å². The SMILES string of the molecule is C[C@@H](c1cccc(C(F)(F)F)c1)N(C1CC1)S(=O)(=O)c1cccc(C#N)c1. The van der Waals surface area contributed by atoms with Gasteiger partial charge in [0.25, 0.3) is 0 Å². The molecular weight excluding hydrogens is 377 g/mol. The van der Waals surface area contributed by atoms with Crippen LogP contribution < -0.4 is 0 Å². The van der Waals surface area contributed by atoms with Crippen molar-refractivity contribution in [3.8, 4) is 6.07 Å². The van der Waals surface area contributed by atoms with Gasteiger partial charge in [0.15, 0.2) is 0 Å². The lowest BCUT2D eigenvalue weighted by atomic mass is 10.0. The number of hydrogen-bond acceptors (Lipinski definition) is 3. The van der Waals surface area contributed by atoms with E-state index in [1.54, 1.807) is 6.92 Å². The van der Waals surface area contributed by atoms with Gasteiger partial charge in [-0.2, -0.15) is 22.7 Å². The molecule has 0 radical (unpaired) electrons. The molecule has 0 heterocycles. The molecule has 3 rings (SSSR count). The Bertz CT molecular complexity index is 992. The second-order valence-corrected chi connectivity index (χ2v) is 8.35. The minimum Gasteiger partial charge on any atom is -0.207 e. The van der Waals surface area contributed by atoms with Crippen LogP contribution in [0.1, 0.15) is 42.5 Å². The van der Waals surface area contributed by atoms with Crippen LogP contribution in [0.5, 0.6) is 0 Å². The summed E-state index contributed by atoms with van der Waals surface area (Å²) in [6, 6.07) is 11.2. The average Bonchev–Trinajstić information content (AvgIpc) is 3.46. The number of nitriles is 1. The van der Waals surface area contributed by atoms with Crippen LogP contribution >= 0.6 is 0 Å². The molecule has 1 fully saturated rings. The molecule has 0 spiro atoms. The highest BCUT2D eigenvalue weighted by Crippen LogP contribution is 2.40. The summed E-state index contributed by atoms with van der Waals surface area (Å²) in [6.07, 6.45) is -3.19. The summed E-state index contributed by atoms with van der Waals surface area (Å²) < 4.78 is 66.7. The van der Waals surface area contributed by atoms with Crippen LogP contribution in [0.25, 0.3) is 0 Å². The molecule has 0 bridgehead atoms. The fraction of sp³-hybridized carbons (Fsp3) is 0.316. The highest BCUT2D eigenvalue weighted by atomic mass is 32.2. The van der Waals surface area contributed by atoms with Crippen LogP contribution in [0.2, 0.25) is 0 Å². The fourth-order valence-corrected chi connectivity index (χ4v) is 4.93. The molecule has 1 aliphatic rings. The van der Waals surface area contributed by atoms with Crippen LogP contribution in [0, 0.1) is 11.3 Å². The molecule has 0 amide bonds. The second-order valence-electron chi connectivity index (χ2n) is 6.50. The Morgan fingerprint density at radius 1 is 1.15 bits per heavy atom. The second kappa shape index (κ2) is 6.98. The van der Waals surface area contributed by atoms with Gasteiger partial charge in [0.1, 0.15) is 0 Å². The zero-order chi connectivity index (χ0) is 19.8. The number of alkyl halides is 3. The van der Waals surface area contributed by atoms with Gasteiger partial charge < -0.3 is 0 Å². The lowest BCUT2D eigenvalue weighted by Crippen LogP contribution is -2.35. The van der Waals surface area contributed by atoms with Crippen molar-refractivity contribution in [2.75, 3.05) is 0 Å². The first kappa shape index (κ1) is 19.4. The van der Waals surface area contributed by atoms with Gasteiger partial charge in [0.2, 0.25) is 10.0 Å².